The van der Waals surface area contributed by atoms with Gasteiger partial charge in [-0.25, -0.2) is 0 Å². The van der Waals surface area contributed by atoms with Gasteiger partial charge in [-0.15, -0.1) is 10.2 Å². The summed E-state index contributed by atoms with van der Waals surface area (Å²) in [5.41, 5.74) is -0.0241. The Morgan fingerprint density at radius 1 is 0.966 bits per heavy atom. The Hall–Kier alpha value is -2.88. The van der Waals surface area contributed by atoms with Crippen molar-refractivity contribution in [3.63, 3.8) is 0 Å². The summed E-state index contributed by atoms with van der Waals surface area (Å²) in [7, 11) is 4.45. The molecule has 0 unspecified atom stereocenters. The number of thioether (sulfide) groups is 1. The van der Waals surface area contributed by atoms with Gasteiger partial charge in [0.25, 0.3) is 5.22 Å². The van der Waals surface area contributed by atoms with Gasteiger partial charge < -0.3 is 18.6 Å². The van der Waals surface area contributed by atoms with E-state index in [1.807, 2.05) is 0 Å². The van der Waals surface area contributed by atoms with Crippen LogP contribution in [0, 0.1) is 0 Å². The standard InChI is InChI=1S/C19H17F3N2O4S/c1-25-14-8-12(9-15(26-2)16(14)27-3)17-23-24-18(28-17)29-10-11-6-4-5-7-13(11)19(20,21)22/h4-9H,10H2,1-3H3. The second kappa shape index (κ2) is 8.64. The Balaban J connectivity index is 1.82. The van der Waals surface area contributed by atoms with Gasteiger partial charge in [0.05, 0.1) is 26.9 Å². The first-order valence-corrected chi connectivity index (χ1v) is 9.27. The van der Waals surface area contributed by atoms with Crippen LogP contribution in [0.15, 0.2) is 46.0 Å². The quantitative estimate of drug-likeness (QED) is 0.489. The smallest absolute Gasteiger partial charge is 0.416 e. The molecule has 0 aliphatic heterocycles. The van der Waals surface area contributed by atoms with E-state index in [1.54, 1.807) is 18.2 Å². The Bertz CT molecular complexity index is 967. The van der Waals surface area contributed by atoms with Crippen molar-refractivity contribution in [2.24, 2.45) is 0 Å². The van der Waals surface area contributed by atoms with E-state index in [9.17, 15) is 13.2 Å². The zero-order valence-corrected chi connectivity index (χ0v) is 16.6. The number of nitrogens with zero attached hydrogens (tertiary/aromatic N) is 2. The highest BCUT2D eigenvalue weighted by Gasteiger charge is 2.32. The minimum Gasteiger partial charge on any atom is -0.493 e. The summed E-state index contributed by atoms with van der Waals surface area (Å²) < 4.78 is 60.8. The average molecular weight is 426 g/mol. The van der Waals surface area contributed by atoms with Gasteiger partial charge in [-0.05, 0) is 23.8 Å². The Labute approximate surface area is 169 Å². The van der Waals surface area contributed by atoms with Crippen molar-refractivity contribution in [3.8, 4) is 28.7 Å². The molecule has 1 heterocycles. The van der Waals surface area contributed by atoms with Crippen LogP contribution in [0.3, 0.4) is 0 Å². The monoisotopic (exact) mass is 426 g/mol. The van der Waals surface area contributed by atoms with E-state index < -0.39 is 11.7 Å². The van der Waals surface area contributed by atoms with E-state index in [4.69, 9.17) is 18.6 Å². The van der Waals surface area contributed by atoms with Crippen molar-refractivity contribution in [2.75, 3.05) is 21.3 Å². The second-order valence-electron chi connectivity index (χ2n) is 5.73. The minimum atomic E-state index is -4.42. The molecule has 0 fully saturated rings. The van der Waals surface area contributed by atoms with Crippen LogP contribution in [0.1, 0.15) is 11.1 Å². The number of halogens is 3. The molecule has 6 nitrogen and oxygen atoms in total. The van der Waals surface area contributed by atoms with E-state index in [1.165, 1.54) is 33.5 Å². The summed E-state index contributed by atoms with van der Waals surface area (Å²) in [6, 6.07) is 8.66. The van der Waals surface area contributed by atoms with E-state index >= 15 is 0 Å². The number of methoxy groups -OCH3 is 3. The maximum Gasteiger partial charge on any atom is 0.416 e. The maximum absolute atomic E-state index is 13.1. The molecule has 0 atom stereocenters. The van der Waals surface area contributed by atoms with Gasteiger partial charge in [0.15, 0.2) is 11.5 Å². The number of hydrogen-bond acceptors (Lipinski definition) is 7. The first-order chi connectivity index (χ1) is 13.9. The van der Waals surface area contributed by atoms with Gasteiger partial charge >= 0.3 is 6.18 Å². The van der Waals surface area contributed by atoms with Crippen molar-refractivity contribution < 1.29 is 31.8 Å². The van der Waals surface area contributed by atoms with Gasteiger partial charge in [0, 0.05) is 11.3 Å². The third-order valence-electron chi connectivity index (χ3n) is 3.99. The number of hydrogen-bond donors (Lipinski definition) is 0. The molecule has 1 aromatic heterocycles. The molecule has 154 valence electrons. The molecule has 3 aromatic rings. The van der Waals surface area contributed by atoms with E-state index in [2.05, 4.69) is 10.2 Å². The van der Waals surface area contributed by atoms with Crippen LogP contribution in [-0.4, -0.2) is 31.5 Å². The highest BCUT2D eigenvalue weighted by Crippen LogP contribution is 2.41. The fourth-order valence-corrected chi connectivity index (χ4v) is 3.42. The van der Waals surface area contributed by atoms with E-state index in [-0.39, 0.29) is 22.4 Å². The first kappa shape index (κ1) is 20.8. The van der Waals surface area contributed by atoms with Crippen LogP contribution in [0.4, 0.5) is 13.2 Å². The molecule has 0 radical (unpaired) electrons. The van der Waals surface area contributed by atoms with Crippen molar-refractivity contribution in [2.45, 2.75) is 17.2 Å². The molecule has 0 spiro atoms. The van der Waals surface area contributed by atoms with Crippen LogP contribution in [0.5, 0.6) is 17.2 Å². The van der Waals surface area contributed by atoms with Gasteiger partial charge in [0.1, 0.15) is 0 Å². The summed E-state index contributed by atoms with van der Waals surface area (Å²) in [6.07, 6.45) is -4.42. The Morgan fingerprint density at radius 2 is 1.62 bits per heavy atom. The lowest BCUT2D eigenvalue weighted by Crippen LogP contribution is -2.08. The van der Waals surface area contributed by atoms with Gasteiger partial charge in [0.2, 0.25) is 11.6 Å². The zero-order valence-electron chi connectivity index (χ0n) is 15.7. The lowest BCUT2D eigenvalue weighted by Gasteiger charge is -2.12. The van der Waals surface area contributed by atoms with Gasteiger partial charge in [-0.3, -0.25) is 0 Å². The fourth-order valence-electron chi connectivity index (χ4n) is 2.65. The molecular weight excluding hydrogens is 409 g/mol. The summed E-state index contributed by atoms with van der Waals surface area (Å²) in [5.74, 6) is 1.45. The fraction of sp³-hybridized carbons (Fsp3) is 0.263. The minimum absolute atomic E-state index is 0.0343. The SMILES string of the molecule is COc1cc(-c2nnc(SCc3ccccc3C(F)(F)F)o2)cc(OC)c1OC. The first-order valence-electron chi connectivity index (χ1n) is 8.29. The normalized spacial score (nSPS) is 11.4. The van der Waals surface area contributed by atoms with Crippen molar-refractivity contribution >= 4 is 11.8 Å². The van der Waals surface area contributed by atoms with E-state index in [0.717, 1.165) is 17.8 Å². The molecule has 0 N–H and O–H groups in total. The Morgan fingerprint density at radius 3 is 2.21 bits per heavy atom. The predicted molar refractivity (Wildman–Crippen MR) is 100 cm³/mol. The van der Waals surface area contributed by atoms with Crippen molar-refractivity contribution in [1.82, 2.24) is 10.2 Å². The second-order valence-corrected chi connectivity index (χ2v) is 6.66. The molecule has 0 amide bonds. The lowest BCUT2D eigenvalue weighted by atomic mass is 10.1. The molecule has 0 aliphatic rings. The van der Waals surface area contributed by atoms with Crippen LogP contribution in [0.25, 0.3) is 11.5 Å². The maximum atomic E-state index is 13.1. The number of benzene rings is 2. The molecule has 2 aromatic carbocycles. The van der Waals surface area contributed by atoms with Crippen molar-refractivity contribution in [1.29, 1.82) is 0 Å². The molecule has 10 heteroatoms. The largest absolute Gasteiger partial charge is 0.493 e. The molecule has 0 bridgehead atoms. The van der Waals surface area contributed by atoms with Crippen molar-refractivity contribution in [3.05, 3.63) is 47.5 Å². The number of rotatable bonds is 7. The highest BCUT2D eigenvalue weighted by atomic mass is 32.2. The molecular formula is C19H17F3N2O4S. The van der Waals surface area contributed by atoms with Crippen LogP contribution in [-0.2, 0) is 11.9 Å². The molecule has 3 rings (SSSR count). The average Bonchev–Trinajstić information content (AvgIpc) is 3.19. The van der Waals surface area contributed by atoms with Gasteiger partial charge in [-0.1, -0.05) is 30.0 Å². The third-order valence-corrected chi connectivity index (χ3v) is 4.86. The zero-order chi connectivity index (χ0) is 21.0. The number of aromatic nitrogens is 2. The van der Waals surface area contributed by atoms with Crippen LogP contribution in [0.2, 0.25) is 0 Å². The third kappa shape index (κ3) is 4.58. The summed E-state index contributed by atoms with van der Waals surface area (Å²) in [6.45, 7) is 0. The molecule has 0 aliphatic carbocycles. The summed E-state index contributed by atoms with van der Waals surface area (Å²) in [4.78, 5) is 0. The van der Waals surface area contributed by atoms with Gasteiger partial charge in [-0.2, -0.15) is 13.2 Å². The predicted octanol–water partition coefficient (Wildman–Crippen LogP) is 5.07. The Kier molecular flexibility index (Phi) is 6.21. The highest BCUT2D eigenvalue weighted by molar-refractivity contribution is 7.98. The number of alkyl halides is 3. The van der Waals surface area contributed by atoms with Crippen LogP contribution >= 0.6 is 11.8 Å². The summed E-state index contributed by atoms with van der Waals surface area (Å²) in [5, 5.41) is 8.01. The topological polar surface area (TPSA) is 66.6 Å². The molecule has 0 saturated heterocycles. The molecule has 29 heavy (non-hydrogen) atoms. The van der Waals surface area contributed by atoms with E-state index in [0.29, 0.717) is 22.8 Å². The van der Waals surface area contributed by atoms with Crippen LogP contribution < -0.4 is 14.2 Å². The summed E-state index contributed by atoms with van der Waals surface area (Å²) >= 11 is 1.02. The number of ether oxygens (including phenoxy) is 3. The lowest BCUT2D eigenvalue weighted by molar-refractivity contribution is -0.138. The molecule has 0 saturated carbocycles.